The Bertz CT molecular complexity index is 2370. The Morgan fingerprint density at radius 3 is 2.52 bits per heavy atom. The molecule has 11 nitrogen and oxygen atoms in total. The van der Waals surface area contributed by atoms with E-state index in [-0.39, 0.29) is 32.2 Å². The number of aromatic nitrogens is 3. The van der Waals surface area contributed by atoms with Gasteiger partial charge in [-0.05, 0) is 44.5 Å². The van der Waals surface area contributed by atoms with E-state index in [0.717, 1.165) is 18.3 Å². The molecule has 0 spiro atoms. The number of halogens is 9. The number of phenols is 1. The first-order valence-electron chi connectivity index (χ1n) is 16.6. The second kappa shape index (κ2) is 15.2. The second-order valence-corrected chi connectivity index (χ2v) is 14.6. The molecule has 2 aromatic carbocycles. The van der Waals surface area contributed by atoms with Crippen LogP contribution in [0.4, 0.5) is 51.8 Å². The van der Waals surface area contributed by atoms with Gasteiger partial charge in [-0.1, -0.05) is 17.7 Å². The van der Waals surface area contributed by atoms with Gasteiger partial charge in [0.2, 0.25) is 0 Å². The number of nitrogens with zero attached hydrogens (tertiary/aromatic N) is 5. The van der Waals surface area contributed by atoms with Gasteiger partial charge in [0.15, 0.2) is 5.82 Å². The van der Waals surface area contributed by atoms with E-state index < -0.39 is 111 Å². The topological polar surface area (TPSA) is 168 Å². The summed E-state index contributed by atoms with van der Waals surface area (Å²) in [5.74, 6) is -5.41. The van der Waals surface area contributed by atoms with Gasteiger partial charge < -0.3 is 31.4 Å². The van der Waals surface area contributed by atoms with Crippen LogP contribution < -0.4 is 21.5 Å². The fourth-order valence-corrected chi connectivity index (χ4v) is 8.22. The van der Waals surface area contributed by atoms with E-state index in [2.05, 4.69) is 20.3 Å². The fourth-order valence-electron chi connectivity index (χ4n) is 7.10. The number of nitrogen functional groups attached to an aromatic ring is 2. The largest absolute Gasteiger partial charge is 0.506 e. The Hall–Kier alpha value is -4.97. The van der Waals surface area contributed by atoms with Gasteiger partial charge in [-0.25, -0.2) is 13.8 Å². The van der Waals surface area contributed by atoms with E-state index >= 15 is 17.6 Å². The molecule has 56 heavy (non-hydrogen) atoms. The van der Waals surface area contributed by atoms with Crippen LogP contribution in [0.25, 0.3) is 32.1 Å². The average Bonchev–Trinajstić information content (AvgIpc) is 3.67. The van der Waals surface area contributed by atoms with Crippen LogP contribution in [0.1, 0.15) is 48.9 Å². The third-order valence-electron chi connectivity index (χ3n) is 9.57. The summed E-state index contributed by atoms with van der Waals surface area (Å²) < 4.78 is 130. The van der Waals surface area contributed by atoms with E-state index in [1.54, 1.807) is 20.0 Å². The van der Waals surface area contributed by atoms with Crippen molar-refractivity contribution in [2.24, 2.45) is 0 Å². The number of hydrogen-bond donors (Lipinski definition) is 4. The number of nitrogens with two attached hydrogens (primary N) is 2. The van der Waals surface area contributed by atoms with Crippen LogP contribution in [-0.4, -0.2) is 70.1 Å². The van der Waals surface area contributed by atoms with Crippen molar-refractivity contribution in [2.75, 3.05) is 37.5 Å². The SMILES string of the molecule is CO[C@H]1CCN(C)[C@@H]1[C@H](C)Oc1nc(N[C@H](CCC(F)(F)F)c2cc(Cl)cnc2N)c2c(O)c(C(F)(F)F)c(-c3ccc(F)c4sc(N)c(C#N)c34)c(F)c2n1. The maximum absolute atomic E-state index is 17.2. The Morgan fingerprint density at radius 2 is 1.88 bits per heavy atom. The summed E-state index contributed by atoms with van der Waals surface area (Å²) in [5.41, 5.74) is 6.43. The highest BCUT2D eigenvalue weighted by atomic mass is 35.5. The normalized spacial score (nSPS) is 17.7. The minimum absolute atomic E-state index is 0.0545. The molecule has 0 radical (unpaired) electrons. The van der Waals surface area contributed by atoms with Crippen molar-refractivity contribution in [1.29, 1.82) is 5.26 Å². The molecular weight excluding hydrogens is 800 g/mol. The molecule has 1 saturated heterocycles. The van der Waals surface area contributed by atoms with Crippen LogP contribution in [0.2, 0.25) is 5.02 Å². The van der Waals surface area contributed by atoms with E-state index in [4.69, 9.17) is 32.5 Å². The zero-order valence-corrected chi connectivity index (χ0v) is 31.0. The standard InChI is InChI=1S/C35H31ClF8N8O3S/c1-13(27-20(54-3)7-9-52(27)2)55-33-50-26-23(32(51-33)49-19(6-8-34(39,40)41)16-10-14(36)12-48-30(16)46)28(53)24(35(42,43)44)22(25(26)38)15-4-5-18(37)29-21(15)17(11-45)31(47)56-29/h4-5,10,12-13,19-20,27,53H,6-9,47H2,1-3H3,(H2,46,48)(H,49,50,51)/t13-,19+,20-,27+/m0/s1. The Kier molecular flexibility index (Phi) is 11.0. The van der Waals surface area contributed by atoms with Gasteiger partial charge >= 0.3 is 18.4 Å². The molecule has 0 amide bonds. The highest BCUT2D eigenvalue weighted by Gasteiger charge is 2.43. The van der Waals surface area contributed by atoms with Gasteiger partial charge in [0.05, 0.1) is 38.9 Å². The number of ether oxygens (including phenoxy) is 2. The monoisotopic (exact) mass is 830 g/mol. The number of likely N-dealkylation sites (tertiary alicyclic amines) is 1. The van der Waals surface area contributed by atoms with Crippen LogP contribution in [0, 0.1) is 23.0 Å². The molecule has 0 bridgehead atoms. The lowest BCUT2D eigenvalue weighted by atomic mass is 9.91. The minimum atomic E-state index is -5.55. The molecule has 6 N–H and O–H groups in total. The highest BCUT2D eigenvalue weighted by molar-refractivity contribution is 7.23. The summed E-state index contributed by atoms with van der Waals surface area (Å²) in [7, 11) is 3.27. The van der Waals surface area contributed by atoms with Crippen molar-refractivity contribution in [3.63, 3.8) is 0 Å². The van der Waals surface area contributed by atoms with Crippen LogP contribution in [0.5, 0.6) is 11.8 Å². The molecule has 0 saturated carbocycles. The molecule has 6 rings (SSSR count). The van der Waals surface area contributed by atoms with Crippen molar-refractivity contribution < 1.29 is 49.7 Å². The number of anilines is 3. The molecule has 3 aromatic heterocycles. The Labute approximate surface area is 321 Å². The lowest BCUT2D eigenvalue weighted by molar-refractivity contribution is -0.138. The molecule has 0 aliphatic carbocycles. The summed E-state index contributed by atoms with van der Waals surface area (Å²) in [6.07, 6.45) is -12.0. The van der Waals surface area contributed by atoms with E-state index in [1.165, 1.54) is 13.2 Å². The molecule has 5 aromatic rings. The average molecular weight is 831 g/mol. The third kappa shape index (κ3) is 7.60. The number of nitriles is 1. The number of fused-ring (bicyclic) bond motifs is 2. The molecule has 1 aliphatic rings. The number of phenolic OH excluding ortho intramolecular Hbond substituents is 1. The number of nitrogens with one attached hydrogen (secondary N) is 1. The number of alkyl halides is 6. The van der Waals surface area contributed by atoms with Crippen molar-refractivity contribution in [1.82, 2.24) is 19.9 Å². The number of benzene rings is 2. The summed E-state index contributed by atoms with van der Waals surface area (Å²) >= 11 is 6.65. The smallest absolute Gasteiger partial charge is 0.420 e. The predicted octanol–water partition coefficient (Wildman–Crippen LogP) is 8.58. The number of thiophene rings is 1. The summed E-state index contributed by atoms with van der Waals surface area (Å²) in [6.45, 7) is 2.20. The summed E-state index contributed by atoms with van der Waals surface area (Å²) in [5, 5.41) is 22.3. The maximum Gasteiger partial charge on any atom is 0.420 e. The maximum atomic E-state index is 17.2. The first-order valence-corrected chi connectivity index (χ1v) is 17.8. The van der Waals surface area contributed by atoms with Gasteiger partial charge in [0.1, 0.15) is 51.5 Å². The van der Waals surface area contributed by atoms with Crippen LogP contribution in [-0.2, 0) is 10.9 Å². The molecule has 298 valence electrons. The van der Waals surface area contributed by atoms with Crippen molar-refractivity contribution in [2.45, 2.75) is 62.8 Å². The number of hydrogen-bond acceptors (Lipinski definition) is 12. The van der Waals surface area contributed by atoms with Gasteiger partial charge in [0, 0.05) is 42.8 Å². The number of pyridine rings is 1. The van der Waals surface area contributed by atoms with Crippen molar-refractivity contribution in [3.8, 4) is 29.0 Å². The quantitative estimate of drug-likeness (QED) is 0.0996. The molecule has 1 aliphatic heterocycles. The summed E-state index contributed by atoms with van der Waals surface area (Å²) in [6, 6.07) is 1.80. The number of rotatable bonds is 10. The Balaban J connectivity index is 1.67. The predicted molar refractivity (Wildman–Crippen MR) is 193 cm³/mol. The van der Waals surface area contributed by atoms with E-state index in [1.807, 2.05) is 4.90 Å². The molecule has 0 unspecified atom stereocenters. The molecule has 4 atom stereocenters. The van der Waals surface area contributed by atoms with Gasteiger partial charge in [0.25, 0.3) is 0 Å². The van der Waals surface area contributed by atoms with Gasteiger partial charge in [-0.15, -0.1) is 11.3 Å². The molecule has 21 heteroatoms. The van der Waals surface area contributed by atoms with Crippen molar-refractivity contribution >= 4 is 60.6 Å². The van der Waals surface area contributed by atoms with Crippen LogP contribution in [0.3, 0.4) is 0 Å². The first kappa shape index (κ1) is 40.7. The van der Waals surface area contributed by atoms with E-state index in [9.17, 15) is 27.9 Å². The first-order chi connectivity index (χ1) is 26.2. The number of methoxy groups -OCH3 is 1. The highest BCUT2D eigenvalue weighted by Crippen LogP contribution is 2.52. The lowest BCUT2D eigenvalue weighted by Gasteiger charge is -2.30. The number of aromatic hydroxyl groups is 1. The molecular formula is C35H31ClF8N8O3S. The molecule has 1 fully saturated rings. The van der Waals surface area contributed by atoms with Gasteiger partial charge in [-0.3, -0.25) is 4.90 Å². The van der Waals surface area contributed by atoms with Gasteiger partial charge in [-0.2, -0.15) is 41.6 Å². The summed E-state index contributed by atoms with van der Waals surface area (Å²) in [4.78, 5) is 14.1. The van der Waals surface area contributed by atoms with E-state index in [0.29, 0.717) is 24.3 Å². The zero-order chi connectivity index (χ0) is 41.0. The zero-order valence-electron chi connectivity index (χ0n) is 29.4. The lowest BCUT2D eigenvalue weighted by Crippen LogP contribution is -2.45. The minimum Gasteiger partial charge on any atom is -0.506 e. The van der Waals surface area contributed by atoms with Crippen LogP contribution >= 0.6 is 22.9 Å². The second-order valence-electron chi connectivity index (χ2n) is 13.1. The third-order valence-corrected chi connectivity index (χ3v) is 10.8. The Morgan fingerprint density at radius 1 is 1.16 bits per heavy atom. The fraction of sp³-hybridized carbons (Fsp3) is 0.371. The molecule has 4 heterocycles. The van der Waals surface area contributed by atoms with Crippen LogP contribution in [0.15, 0.2) is 24.4 Å². The van der Waals surface area contributed by atoms with Crippen molar-refractivity contribution in [3.05, 3.63) is 57.7 Å². The number of likely N-dealkylation sites (N-methyl/N-ethyl adjacent to an activating group) is 1.